The number of hydrogen-bond donors (Lipinski definition) is 1. The van der Waals surface area contributed by atoms with E-state index in [2.05, 4.69) is 21.2 Å². The standard InChI is InChI=1S/C29H20BrN5O4S/c30-19-8-13-26-23(15-19)25-17-24(18-5-2-1-3-6-18)32-34(25)29(39-26)27(40-28(36)31-29)16-22-7-4-14-33(22)20-9-11-21(12-10-20)35(37)38/h1-16,25H,17H2,(H,31,36)/b27-16-. The van der Waals surface area contributed by atoms with E-state index >= 15 is 0 Å². The molecule has 1 fully saturated rings. The molecular weight excluding hydrogens is 594 g/mol. The number of carbonyl (C=O) groups is 1. The summed E-state index contributed by atoms with van der Waals surface area (Å²) in [6.45, 7) is 0. The lowest BCUT2D eigenvalue weighted by Gasteiger charge is -2.45. The summed E-state index contributed by atoms with van der Waals surface area (Å²) in [6.07, 6.45) is 4.42. The first kappa shape index (κ1) is 24.7. The number of nitrogens with one attached hydrogen (secondary N) is 1. The van der Waals surface area contributed by atoms with Crippen LogP contribution in [0.4, 0.5) is 10.5 Å². The van der Waals surface area contributed by atoms with Crippen LogP contribution >= 0.6 is 27.7 Å². The number of aromatic nitrogens is 1. The zero-order valence-electron chi connectivity index (χ0n) is 20.7. The molecule has 3 aliphatic heterocycles. The number of hydrazone groups is 1. The highest BCUT2D eigenvalue weighted by molar-refractivity contribution is 9.10. The second kappa shape index (κ2) is 9.39. The van der Waals surface area contributed by atoms with Gasteiger partial charge in [-0.15, -0.1) is 0 Å². The average molecular weight is 614 g/mol. The van der Waals surface area contributed by atoms with Gasteiger partial charge in [-0.05, 0) is 65.9 Å². The minimum Gasteiger partial charge on any atom is -0.444 e. The largest absolute Gasteiger partial charge is 0.444 e. The van der Waals surface area contributed by atoms with E-state index in [9.17, 15) is 14.9 Å². The SMILES string of the molecule is O=C1NC2(Oc3ccc(Br)cc3C3CC(c4ccccc4)=NN32)/C(=C/c2cccn2-c2ccc([N+](=O)[O-])cc2)S1. The van der Waals surface area contributed by atoms with Gasteiger partial charge in [0.1, 0.15) is 5.75 Å². The van der Waals surface area contributed by atoms with Crippen LogP contribution in [-0.4, -0.2) is 31.3 Å². The van der Waals surface area contributed by atoms with Gasteiger partial charge in [-0.25, -0.2) is 5.01 Å². The summed E-state index contributed by atoms with van der Waals surface area (Å²) in [5.41, 5.74) is 4.44. The Morgan fingerprint density at radius 3 is 2.67 bits per heavy atom. The topological polar surface area (TPSA) is 102 Å². The fraction of sp³-hybridized carbons (Fsp3) is 0.103. The molecule has 2 atom stereocenters. The maximum absolute atomic E-state index is 13.0. The Labute approximate surface area is 241 Å². The first-order valence-corrected chi connectivity index (χ1v) is 14.1. The van der Waals surface area contributed by atoms with E-state index in [0.29, 0.717) is 17.1 Å². The number of rotatable bonds is 4. The number of ether oxygens (including phenoxy) is 1. The molecule has 0 aliphatic carbocycles. The number of fused-ring (bicyclic) bond motifs is 4. The molecule has 0 radical (unpaired) electrons. The smallest absolute Gasteiger partial charge is 0.314 e. The highest BCUT2D eigenvalue weighted by Gasteiger charge is 2.58. The van der Waals surface area contributed by atoms with Crippen LogP contribution in [0.5, 0.6) is 5.75 Å². The maximum atomic E-state index is 13.0. The first-order valence-electron chi connectivity index (χ1n) is 12.5. The number of carbonyl (C=O) groups excluding carboxylic acids is 1. The van der Waals surface area contributed by atoms with Crippen LogP contribution in [0.25, 0.3) is 11.8 Å². The molecule has 4 aromatic rings. The van der Waals surface area contributed by atoms with Gasteiger partial charge in [-0.1, -0.05) is 46.3 Å². The summed E-state index contributed by atoms with van der Waals surface area (Å²) in [5.74, 6) is -0.664. The Hall–Kier alpha value is -4.35. The number of thioether (sulfide) groups is 1. The second-order valence-corrected chi connectivity index (χ2v) is 11.4. The number of hydrogen-bond acceptors (Lipinski definition) is 7. The van der Waals surface area contributed by atoms with Gasteiger partial charge >= 0.3 is 5.85 Å². The van der Waals surface area contributed by atoms with Crippen molar-refractivity contribution in [2.75, 3.05) is 0 Å². The van der Waals surface area contributed by atoms with Gasteiger partial charge in [0.2, 0.25) is 0 Å². The lowest BCUT2D eigenvalue weighted by Crippen LogP contribution is -2.61. The van der Waals surface area contributed by atoms with Gasteiger partial charge in [0.15, 0.2) is 0 Å². The minimum absolute atomic E-state index is 0.0176. The van der Waals surface area contributed by atoms with E-state index in [-0.39, 0.29) is 17.0 Å². The molecule has 9 nitrogen and oxygen atoms in total. The van der Waals surface area contributed by atoms with Gasteiger partial charge in [0, 0.05) is 46.2 Å². The van der Waals surface area contributed by atoms with Crippen LogP contribution in [0.1, 0.15) is 29.3 Å². The van der Waals surface area contributed by atoms with Crippen LogP contribution in [0.3, 0.4) is 0 Å². The van der Waals surface area contributed by atoms with Crippen molar-refractivity contribution in [3.05, 3.63) is 127 Å². The molecule has 1 saturated heterocycles. The Morgan fingerprint density at radius 2 is 1.90 bits per heavy atom. The molecule has 11 heteroatoms. The maximum Gasteiger partial charge on any atom is 0.314 e. The van der Waals surface area contributed by atoms with Gasteiger partial charge in [0.05, 0.1) is 21.6 Å². The Balaban J connectivity index is 1.35. The van der Waals surface area contributed by atoms with E-state index in [1.165, 1.54) is 12.1 Å². The second-order valence-electron chi connectivity index (χ2n) is 9.51. The fourth-order valence-electron chi connectivity index (χ4n) is 5.31. The fourth-order valence-corrected chi connectivity index (χ4v) is 6.58. The number of benzene rings is 3. The van der Waals surface area contributed by atoms with Crippen molar-refractivity contribution >= 4 is 50.4 Å². The first-order chi connectivity index (χ1) is 19.4. The number of nitrogens with zero attached hydrogens (tertiary/aromatic N) is 4. The van der Waals surface area contributed by atoms with Crippen molar-refractivity contribution in [3.63, 3.8) is 0 Å². The van der Waals surface area contributed by atoms with Gasteiger partial charge in [0.25, 0.3) is 10.9 Å². The van der Waals surface area contributed by atoms with Gasteiger partial charge < -0.3 is 9.30 Å². The predicted octanol–water partition coefficient (Wildman–Crippen LogP) is 6.84. The van der Waals surface area contributed by atoms with Crippen LogP contribution in [-0.2, 0) is 0 Å². The molecule has 0 saturated carbocycles. The van der Waals surface area contributed by atoms with E-state index in [1.54, 1.807) is 12.1 Å². The molecule has 4 heterocycles. The van der Waals surface area contributed by atoms with Crippen LogP contribution < -0.4 is 10.1 Å². The normalized spacial score (nSPS) is 22.1. The quantitative estimate of drug-likeness (QED) is 0.200. The van der Waals surface area contributed by atoms with E-state index in [4.69, 9.17) is 9.84 Å². The average Bonchev–Trinajstić information content (AvgIpc) is 3.68. The summed E-state index contributed by atoms with van der Waals surface area (Å²) in [5, 5.41) is 20.8. The third-order valence-electron chi connectivity index (χ3n) is 7.13. The lowest BCUT2D eigenvalue weighted by atomic mass is 9.96. The summed E-state index contributed by atoms with van der Waals surface area (Å²) >= 11 is 4.66. The molecule has 0 bridgehead atoms. The molecule has 1 amide bonds. The Kier molecular flexibility index (Phi) is 5.79. The third-order valence-corrected chi connectivity index (χ3v) is 8.53. The van der Waals surface area contributed by atoms with Crippen molar-refractivity contribution in [2.45, 2.75) is 18.3 Å². The number of nitro benzene ring substituents is 1. The highest BCUT2D eigenvalue weighted by atomic mass is 79.9. The van der Waals surface area contributed by atoms with Crippen LogP contribution in [0, 0.1) is 10.1 Å². The molecule has 198 valence electrons. The predicted molar refractivity (Wildman–Crippen MR) is 156 cm³/mol. The number of amides is 1. The zero-order chi connectivity index (χ0) is 27.4. The van der Waals surface area contributed by atoms with E-state index in [0.717, 1.165) is 44.5 Å². The zero-order valence-corrected chi connectivity index (χ0v) is 23.1. The van der Waals surface area contributed by atoms with Crippen molar-refractivity contribution in [1.82, 2.24) is 14.9 Å². The molecular formula is C29H20BrN5O4S. The summed E-state index contributed by atoms with van der Waals surface area (Å²) in [7, 11) is 0. The van der Waals surface area contributed by atoms with Gasteiger partial charge in [-0.3, -0.25) is 20.2 Å². The van der Waals surface area contributed by atoms with Crippen molar-refractivity contribution in [2.24, 2.45) is 5.10 Å². The van der Waals surface area contributed by atoms with Crippen molar-refractivity contribution < 1.29 is 14.5 Å². The molecule has 1 spiro atoms. The number of halogens is 1. The molecule has 3 aromatic carbocycles. The van der Waals surface area contributed by atoms with Crippen molar-refractivity contribution in [3.8, 4) is 11.4 Å². The molecule has 1 aromatic heterocycles. The molecule has 40 heavy (non-hydrogen) atoms. The monoisotopic (exact) mass is 613 g/mol. The molecule has 7 rings (SSSR count). The third kappa shape index (κ3) is 4.00. The van der Waals surface area contributed by atoms with E-state index in [1.807, 2.05) is 82.5 Å². The van der Waals surface area contributed by atoms with Crippen LogP contribution in [0.2, 0.25) is 0 Å². The van der Waals surface area contributed by atoms with Crippen LogP contribution in [0.15, 0.2) is 106 Å². The molecule has 1 N–H and O–H groups in total. The molecule has 3 aliphatic rings. The summed E-state index contributed by atoms with van der Waals surface area (Å²) in [4.78, 5) is 24.3. The van der Waals surface area contributed by atoms with Crippen molar-refractivity contribution in [1.29, 1.82) is 0 Å². The Bertz CT molecular complexity index is 1740. The van der Waals surface area contributed by atoms with E-state index < -0.39 is 10.8 Å². The lowest BCUT2D eigenvalue weighted by molar-refractivity contribution is -0.384. The Morgan fingerprint density at radius 1 is 1.10 bits per heavy atom. The number of non-ortho nitro benzene ring substituents is 1. The minimum atomic E-state index is -1.34. The summed E-state index contributed by atoms with van der Waals surface area (Å²) < 4.78 is 9.48. The highest BCUT2D eigenvalue weighted by Crippen LogP contribution is 2.53. The number of nitro groups is 1. The van der Waals surface area contributed by atoms with Gasteiger partial charge in [-0.2, -0.15) is 5.10 Å². The summed E-state index contributed by atoms with van der Waals surface area (Å²) in [6, 6.07) is 25.8. The molecule has 2 unspecified atom stereocenters.